The van der Waals surface area contributed by atoms with Crippen LogP contribution < -0.4 is 10.9 Å². The second-order valence-corrected chi connectivity index (χ2v) is 12.5. The van der Waals surface area contributed by atoms with Crippen molar-refractivity contribution in [2.75, 3.05) is 18.2 Å². The van der Waals surface area contributed by atoms with Gasteiger partial charge >= 0.3 is 5.97 Å². The summed E-state index contributed by atoms with van der Waals surface area (Å²) in [6.45, 7) is 5.39. The van der Waals surface area contributed by atoms with Gasteiger partial charge in [-0.3, -0.25) is 9.48 Å². The Bertz CT molecular complexity index is 1550. The SMILES string of the molecule is CC(C)(C)OC(=O)[C@@H]1CCCC(CC#N)(n2nc(Nc3ccc(S(C)(=O)=O)cc3)c3c(=O)[nH]ccc32)CO1. The number of nitriles is 1. The van der Waals surface area contributed by atoms with Gasteiger partial charge in [-0.2, -0.15) is 10.4 Å². The van der Waals surface area contributed by atoms with Gasteiger partial charge in [0.25, 0.3) is 5.56 Å². The van der Waals surface area contributed by atoms with Crippen molar-refractivity contribution in [2.45, 2.75) is 68.6 Å². The maximum absolute atomic E-state index is 12.9. The van der Waals surface area contributed by atoms with E-state index in [-0.39, 0.29) is 34.7 Å². The Morgan fingerprint density at radius 3 is 2.66 bits per heavy atom. The van der Waals surface area contributed by atoms with Gasteiger partial charge in [0.15, 0.2) is 21.8 Å². The number of hydrogen-bond donors (Lipinski definition) is 2. The molecule has 4 rings (SSSR count). The van der Waals surface area contributed by atoms with Gasteiger partial charge in [0.1, 0.15) is 11.0 Å². The first-order chi connectivity index (χ1) is 17.8. The molecule has 0 radical (unpaired) electrons. The molecule has 3 heterocycles. The summed E-state index contributed by atoms with van der Waals surface area (Å²) in [6.07, 6.45) is 3.40. The predicted octanol–water partition coefficient (Wildman–Crippen LogP) is 3.39. The second kappa shape index (κ2) is 10.2. The molecule has 3 aromatic rings. The summed E-state index contributed by atoms with van der Waals surface area (Å²) in [7, 11) is -3.36. The van der Waals surface area contributed by atoms with E-state index in [1.165, 1.54) is 18.3 Å². The number of rotatable bonds is 6. The molecular formula is C26H31N5O6S. The third-order valence-corrected chi connectivity index (χ3v) is 7.47. The molecule has 1 aliphatic heterocycles. The second-order valence-electron chi connectivity index (χ2n) is 10.5. The number of hydrogen-bond acceptors (Lipinski definition) is 9. The Labute approximate surface area is 220 Å². The Morgan fingerprint density at radius 2 is 2.03 bits per heavy atom. The van der Waals surface area contributed by atoms with E-state index < -0.39 is 33.1 Å². The minimum atomic E-state index is -3.36. The normalized spacial score (nSPS) is 20.4. The van der Waals surface area contributed by atoms with Gasteiger partial charge in [0.2, 0.25) is 0 Å². The maximum Gasteiger partial charge on any atom is 0.335 e. The molecule has 12 heteroatoms. The molecule has 38 heavy (non-hydrogen) atoms. The summed E-state index contributed by atoms with van der Waals surface area (Å²) in [5.41, 5.74) is -0.938. The van der Waals surface area contributed by atoms with Crippen LogP contribution in [0, 0.1) is 11.3 Å². The quantitative estimate of drug-likeness (QED) is 0.447. The fourth-order valence-electron chi connectivity index (χ4n) is 4.56. The number of carbonyl (C=O) groups excluding carboxylic acids is 1. The first kappa shape index (κ1) is 27.3. The molecule has 2 atom stereocenters. The summed E-state index contributed by atoms with van der Waals surface area (Å²) in [4.78, 5) is 28.4. The maximum atomic E-state index is 12.9. The van der Waals surface area contributed by atoms with Crippen molar-refractivity contribution in [3.8, 4) is 6.07 Å². The highest BCUT2D eigenvalue weighted by Crippen LogP contribution is 2.36. The molecule has 1 saturated heterocycles. The third kappa shape index (κ3) is 5.74. The van der Waals surface area contributed by atoms with Crippen molar-refractivity contribution < 1.29 is 22.7 Å². The number of aromatic nitrogens is 3. The molecule has 202 valence electrons. The molecule has 0 saturated carbocycles. The molecular weight excluding hydrogens is 510 g/mol. The van der Waals surface area contributed by atoms with Crippen LogP contribution in [0.3, 0.4) is 0 Å². The van der Waals surface area contributed by atoms with E-state index in [1.54, 1.807) is 43.7 Å². The fraction of sp³-hybridized carbons (Fsp3) is 0.462. The molecule has 0 amide bonds. The van der Waals surface area contributed by atoms with E-state index >= 15 is 0 Å². The molecule has 0 spiro atoms. The lowest BCUT2D eigenvalue weighted by Crippen LogP contribution is -2.40. The first-order valence-corrected chi connectivity index (χ1v) is 14.1. The number of benzene rings is 1. The summed E-state index contributed by atoms with van der Waals surface area (Å²) in [5.74, 6) is -0.203. The highest BCUT2D eigenvalue weighted by Gasteiger charge is 2.41. The highest BCUT2D eigenvalue weighted by atomic mass is 32.2. The number of sulfone groups is 1. The van der Waals surface area contributed by atoms with Crippen LogP contribution in [0.1, 0.15) is 46.5 Å². The summed E-state index contributed by atoms with van der Waals surface area (Å²) in [5, 5.41) is 17.9. The van der Waals surface area contributed by atoms with Crippen LogP contribution in [0.25, 0.3) is 10.9 Å². The number of aromatic amines is 1. The van der Waals surface area contributed by atoms with E-state index in [0.717, 1.165) is 6.26 Å². The number of esters is 1. The monoisotopic (exact) mass is 541 g/mol. The van der Waals surface area contributed by atoms with Gasteiger partial charge in [0.05, 0.1) is 35.0 Å². The van der Waals surface area contributed by atoms with E-state index in [0.29, 0.717) is 30.5 Å². The molecule has 1 aliphatic rings. The van der Waals surface area contributed by atoms with Gasteiger partial charge in [-0.15, -0.1) is 0 Å². The van der Waals surface area contributed by atoms with Gasteiger partial charge < -0.3 is 19.8 Å². The number of anilines is 2. The lowest BCUT2D eigenvalue weighted by atomic mass is 9.90. The largest absolute Gasteiger partial charge is 0.458 e. The lowest BCUT2D eigenvalue weighted by Gasteiger charge is -2.31. The summed E-state index contributed by atoms with van der Waals surface area (Å²) >= 11 is 0. The van der Waals surface area contributed by atoms with Crippen molar-refractivity contribution in [3.63, 3.8) is 0 Å². The summed E-state index contributed by atoms with van der Waals surface area (Å²) < 4.78 is 36.8. The predicted molar refractivity (Wildman–Crippen MR) is 141 cm³/mol. The van der Waals surface area contributed by atoms with E-state index in [1.807, 2.05) is 0 Å². The Balaban J connectivity index is 1.73. The Kier molecular flexibility index (Phi) is 7.36. The van der Waals surface area contributed by atoms with Crippen molar-refractivity contribution in [2.24, 2.45) is 0 Å². The summed E-state index contributed by atoms with van der Waals surface area (Å²) in [6, 6.07) is 10.0. The molecule has 1 aromatic carbocycles. The minimum absolute atomic E-state index is 0.0244. The van der Waals surface area contributed by atoms with Crippen molar-refractivity contribution >= 4 is 38.2 Å². The van der Waals surface area contributed by atoms with Crippen LogP contribution in [0.2, 0.25) is 0 Å². The highest BCUT2D eigenvalue weighted by molar-refractivity contribution is 7.90. The van der Waals surface area contributed by atoms with Crippen LogP contribution in [0.15, 0.2) is 46.2 Å². The molecule has 1 unspecified atom stereocenters. The average molecular weight is 542 g/mol. The number of carbonyl (C=O) groups is 1. The smallest absolute Gasteiger partial charge is 0.335 e. The number of nitrogens with zero attached hydrogens (tertiary/aromatic N) is 3. The van der Waals surface area contributed by atoms with Gasteiger partial charge in [-0.1, -0.05) is 0 Å². The number of ether oxygens (including phenoxy) is 2. The molecule has 2 aromatic heterocycles. The van der Waals surface area contributed by atoms with Crippen molar-refractivity contribution in [1.29, 1.82) is 5.26 Å². The Morgan fingerprint density at radius 1 is 1.32 bits per heavy atom. The lowest BCUT2D eigenvalue weighted by molar-refractivity contribution is -0.169. The molecule has 0 aliphatic carbocycles. The van der Waals surface area contributed by atoms with E-state index in [9.17, 15) is 23.3 Å². The number of nitrogens with one attached hydrogen (secondary N) is 2. The van der Waals surface area contributed by atoms with Crippen LogP contribution in [0.4, 0.5) is 11.5 Å². The number of pyridine rings is 1. The van der Waals surface area contributed by atoms with Crippen LogP contribution in [-0.4, -0.2) is 53.7 Å². The van der Waals surface area contributed by atoms with Crippen LogP contribution in [0.5, 0.6) is 0 Å². The number of H-pyrrole nitrogens is 1. The zero-order valence-corrected chi connectivity index (χ0v) is 22.6. The topological polar surface area (TPSA) is 156 Å². The van der Waals surface area contributed by atoms with Crippen molar-refractivity contribution in [1.82, 2.24) is 14.8 Å². The zero-order chi connectivity index (χ0) is 27.7. The van der Waals surface area contributed by atoms with Gasteiger partial charge in [0, 0.05) is 18.1 Å². The Hall–Kier alpha value is -3.69. The van der Waals surface area contributed by atoms with Gasteiger partial charge in [-0.05, 0) is 70.4 Å². The van der Waals surface area contributed by atoms with Gasteiger partial charge in [-0.25, -0.2) is 13.2 Å². The molecule has 2 N–H and O–H groups in total. The third-order valence-electron chi connectivity index (χ3n) is 6.34. The van der Waals surface area contributed by atoms with E-state index in [4.69, 9.17) is 14.6 Å². The first-order valence-electron chi connectivity index (χ1n) is 12.2. The molecule has 0 bridgehead atoms. The number of fused-ring (bicyclic) bond motifs is 1. The average Bonchev–Trinajstić information content (AvgIpc) is 3.05. The van der Waals surface area contributed by atoms with Crippen LogP contribution >= 0.6 is 0 Å². The standard InChI is InChI=1S/C26H31N5O6S/c1-25(2,3)37-24(33)20-6-5-12-26(13-14-27,16-36-20)31-19-11-15-28-23(32)21(19)22(30-31)29-17-7-9-18(10-8-17)38(4,34)35/h7-11,15,20H,5-6,12-13,16H2,1-4H3,(H,28,32)(H,29,30)/t20-,26?/m0/s1. The van der Waals surface area contributed by atoms with E-state index in [2.05, 4.69) is 16.4 Å². The molecule has 1 fully saturated rings. The fourth-order valence-corrected chi connectivity index (χ4v) is 5.19. The van der Waals surface area contributed by atoms with Crippen LogP contribution in [-0.2, 0) is 29.6 Å². The minimum Gasteiger partial charge on any atom is -0.458 e. The van der Waals surface area contributed by atoms with Crippen molar-refractivity contribution in [3.05, 3.63) is 46.9 Å². The zero-order valence-electron chi connectivity index (χ0n) is 21.8. The molecule has 11 nitrogen and oxygen atoms in total.